The molecule has 27 heavy (non-hydrogen) atoms. The molecule has 3 heterocycles. The van der Waals surface area contributed by atoms with Crippen molar-refractivity contribution in [3.05, 3.63) is 0 Å². The van der Waals surface area contributed by atoms with Crippen molar-refractivity contribution < 1.29 is 14.7 Å². The Balaban J connectivity index is 1.26. The largest absolute Gasteiger partial charge is 0.465 e. The molecule has 4 fully saturated rings. The monoisotopic (exact) mass is 378 g/mol. The molecule has 4 aliphatic rings. The van der Waals surface area contributed by atoms with Crippen LogP contribution in [0.25, 0.3) is 0 Å². The van der Waals surface area contributed by atoms with Gasteiger partial charge in [0.25, 0.3) is 0 Å². The summed E-state index contributed by atoms with van der Waals surface area (Å²) in [5.74, 6) is 0.722. The first-order valence-corrected chi connectivity index (χ1v) is 10.7. The number of nitrogens with zero attached hydrogens (tertiary/aromatic N) is 3. The van der Waals surface area contributed by atoms with Crippen LogP contribution in [-0.2, 0) is 4.79 Å². The van der Waals surface area contributed by atoms with Gasteiger partial charge in [-0.2, -0.15) is 0 Å². The summed E-state index contributed by atoms with van der Waals surface area (Å²) >= 11 is 0. The van der Waals surface area contributed by atoms with Gasteiger partial charge in [-0.1, -0.05) is 0 Å². The molecule has 0 aromatic rings. The van der Waals surface area contributed by atoms with Gasteiger partial charge in [0.15, 0.2) is 0 Å². The molecule has 0 bridgehead atoms. The van der Waals surface area contributed by atoms with Gasteiger partial charge in [0.05, 0.1) is 6.04 Å². The third kappa shape index (κ3) is 3.56. The number of piperidine rings is 1. The van der Waals surface area contributed by atoms with Crippen LogP contribution in [0, 0.1) is 11.3 Å². The number of carbonyl (C=O) groups excluding carboxylic acids is 1. The molecular formula is C20H34N4O3. The molecule has 7 heteroatoms. The van der Waals surface area contributed by atoms with Gasteiger partial charge in [-0.3, -0.25) is 4.79 Å². The van der Waals surface area contributed by atoms with Crippen molar-refractivity contribution in [2.75, 3.05) is 32.7 Å². The van der Waals surface area contributed by atoms with Crippen LogP contribution in [0.1, 0.15) is 51.9 Å². The molecule has 1 aliphatic carbocycles. The van der Waals surface area contributed by atoms with Crippen molar-refractivity contribution in [2.45, 2.75) is 70.0 Å². The predicted octanol–water partition coefficient (Wildman–Crippen LogP) is 1.57. The summed E-state index contributed by atoms with van der Waals surface area (Å²) in [7, 11) is 0. The summed E-state index contributed by atoms with van der Waals surface area (Å²) in [5, 5.41) is 9.19. The molecule has 152 valence electrons. The molecule has 1 unspecified atom stereocenters. The van der Waals surface area contributed by atoms with E-state index in [-0.39, 0.29) is 11.3 Å². The van der Waals surface area contributed by atoms with Gasteiger partial charge in [-0.25, -0.2) is 4.79 Å². The van der Waals surface area contributed by atoms with Gasteiger partial charge in [0, 0.05) is 31.7 Å². The number of amides is 2. The van der Waals surface area contributed by atoms with Crippen molar-refractivity contribution >= 4 is 12.0 Å². The molecule has 7 nitrogen and oxygen atoms in total. The van der Waals surface area contributed by atoms with Crippen LogP contribution in [0.4, 0.5) is 4.79 Å². The van der Waals surface area contributed by atoms with E-state index in [9.17, 15) is 14.7 Å². The number of carbonyl (C=O) groups is 2. The first kappa shape index (κ1) is 19.0. The molecule has 3 aliphatic heterocycles. The summed E-state index contributed by atoms with van der Waals surface area (Å²) in [5.41, 5.74) is 6.10. The highest BCUT2D eigenvalue weighted by molar-refractivity contribution is 5.81. The highest BCUT2D eigenvalue weighted by atomic mass is 16.4. The van der Waals surface area contributed by atoms with Gasteiger partial charge in [0.2, 0.25) is 5.91 Å². The van der Waals surface area contributed by atoms with Crippen molar-refractivity contribution in [3.63, 3.8) is 0 Å². The van der Waals surface area contributed by atoms with E-state index in [0.29, 0.717) is 24.5 Å². The van der Waals surface area contributed by atoms with Crippen LogP contribution in [0.2, 0.25) is 0 Å². The summed E-state index contributed by atoms with van der Waals surface area (Å²) in [6, 6.07) is 0.621. The van der Waals surface area contributed by atoms with Crippen LogP contribution in [0.15, 0.2) is 0 Å². The molecule has 1 spiro atoms. The van der Waals surface area contributed by atoms with Crippen molar-refractivity contribution in [2.24, 2.45) is 17.1 Å². The molecule has 4 rings (SSSR count). The van der Waals surface area contributed by atoms with E-state index in [1.54, 1.807) is 11.8 Å². The maximum absolute atomic E-state index is 12.4. The second kappa shape index (κ2) is 7.24. The average molecular weight is 379 g/mol. The minimum Gasteiger partial charge on any atom is -0.465 e. The van der Waals surface area contributed by atoms with Gasteiger partial charge in [0.1, 0.15) is 0 Å². The van der Waals surface area contributed by atoms with E-state index in [4.69, 9.17) is 5.73 Å². The molecule has 2 amide bonds. The summed E-state index contributed by atoms with van der Waals surface area (Å²) < 4.78 is 0. The number of carboxylic acid groups (broad SMARTS) is 1. The van der Waals surface area contributed by atoms with E-state index in [0.717, 1.165) is 71.1 Å². The van der Waals surface area contributed by atoms with E-state index in [2.05, 4.69) is 9.80 Å². The van der Waals surface area contributed by atoms with Crippen LogP contribution in [0.5, 0.6) is 0 Å². The molecule has 0 radical (unpaired) electrons. The molecule has 3 N–H and O–H groups in total. The fraction of sp³-hybridized carbons (Fsp3) is 0.900. The fourth-order valence-electron chi connectivity index (χ4n) is 6.12. The third-order valence-corrected chi connectivity index (χ3v) is 7.65. The Morgan fingerprint density at radius 3 is 2.41 bits per heavy atom. The van der Waals surface area contributed by atoms with E-state index >= 15 is 0 Å². The van der Waals surface area contributed by atoms with Crippen LogP contribution < -0.4 is 5.73 Å². The lowest BCUT2D eigenvalue weighted by atomic mass is 9.64. The Bertz CT molecular complexity index is 582. The van der Waals surface area contributed by atoms with Gasteiger partial charge < -0.3 is 25.5 Å². The standard InChI is InChI=1S/C20H34N4O3/c1-14(21)18(25)24-7-2-3-17(24)15-4-8-22(9-5-15)16-11-20(12-16)6-10-23(13-20)19(26)27/h14-17H,2-13,21H2,1H3,(H,26,27)/t14?,16?,17-,20?/m0/s1. The predicted molar refractivity (Wildman–Crippen MR) is 102 cm³/mol. The zero-order valence-electron chi connectivity index (χ0n) is 16.5. The quantitative estimate of drug-likeness (QED) is 0.778. The second-order valence-corrected chi connectivity index (χ2v) is 9.42. The highest BCUT2D eigenvalue weighted by Gasteiger charge is 2.51. The average Bonchev–Trinajstić information content (AvgIpc) is 3.27. The Hall–Kier alpha value is -1.34. The minimum atomic E-state index is -0.765. The van der Waals surface area contributed by atoms with Crippen LogP contribution in [0.3, 0.4) is 0 Å². The van der Waals surface area contributed by atoms with Crippen LogP contribution >= 0.6 is 0 Å². The Morgan fingerprint density at radius 2 is 1.81 bits per heavy atom. The third-order valence-electron chi connectivity index (χ3n) is 7.65. The Labute approximate surface area is 161 Å². The number of rotatable bonds is 3. The number of hydrogen-bond acceptors (Lipinski definition) is 4. The Kier molecular flexibility index (Phi) is 5.10. The fourth-order valence-corrected chi connectivity index (χ4v) is 6.12. The normalized spacial score (nSPS) is 36.2. The lowest BCUT2D eigenvalue weighted by molar-refractivity contribution is -0.134. The maximum Gasteiger partial charge on any atom is 0.407 e. The molecule has 0 aromatic carbocycles. The number of nitrogens with two attached hydrogens (primary N) is 1. The van der Waals surface area contributed by atoms with E-state index in [1.807, 2.05) is 0 Å². The summed E-state index contributed by atoms with van der Waals surface area (Å²) in [4.78, 5) is 29.8. The van der Waals surface area contributed by atoms with E-state index < -0.39 is 12.1 Å². The van der Waals surface area contributed by atoms with Gasteiger partial charge in [-0.05, 0) is 76.3 Å². The first-order chi connectivity index (χ1) is 12.9. The molecule has 2 atom stereocenters. The minimum absolute atomic E-state index is 0.116. The SMILES string of the molecule is CC(N)C(=O)N1CCC[C@H]1C1CCN(C2CC3(CCN(C(=O)O)C3)C2)CC1. The molecule has 3 saturated heterocycles. The number of likely N-dealkylation sites (tertiary alicyclic amines) is 3. The highest BCUT2D eigenvalue weighted by Crippen LogP contribution is 2.50. The molecule has 1 saturated carbocycles. The smallest absolute Gasteiger partial charge is 0.407 e. The van der Waals surface area contributed by atoms with Crippen molar-refractivity contribution in [1.29, 1.82) is 0 Å². The Morgan fingerprint density at radius 1 is 1.11 bits per heavy atom. The summed E-state index contributed by atoms with van der Waals surface area (Å²) in [6.45, 7) is 6.33. The van der Waals surface area contributed by atoms with Gasteiger partial charge in [-0.15, -0.1) is 0 Å². The lowest BCUT2D eigenvalue weighted by Gasteiger charge is -2.52. The second-order valence-electron chi connectivity index (χ2n) is 9.42. The maximum atomic E-state index is 12.4. The first-order valence-electron chi connectivity index (χ1n) is 10.7. The topological polar surface area (TPSA) is 90.1 Å². The zero-order valence-corrected chi connectivity index (χ0v) is 16.5. The van der Waals surface area contributed by atoms with Crippen molar-refractivity contribution in [1.82, 2.24) is 14.7 Å². The van der Waals surface area contributed by atoms with Gasteiger partial charge >= 0.3 is 6.09 Å². The molecular weight excluding hydrogens is 344 g/mol. The summed E-state index contributed by atoms with van der Waals surface area (Å²) in [6.07, 6.45) is 7.13. The molecule has 0 aromatic heterocycles. The number of hydrogen-bond donors (Lipinski definition) is 2. The van der Waals surface area contributed by atoms with Crippen molar-refractivity contribution in [3.8, 4) is 0 Å². The van der Waals surface area contributed by atoms with Crippen LogP contribution in [-0.4, -0.2) is 82.7 Å². The zero-order chi connectivity index (χ0) is 19.2. The van der Waals surface area contributed by atoms with E-state index in [1.165, 1.54) is 0 Å². The lowest BCUT2D eigenvalue weighted by Crippen LogP contribution is -2.55.